The molecule has 1 aromatic heterocycles. The molecule has 184 valence electrons. The molecule has 8 nitrogen and oxygen atoms in total. The molecule has 0 saturated carbocycles. The summed E-state index contributed by atoms with van der Waals surface area (Å²) in [5.41, 5.74) is 4.43. The molecule has 0 atom stereocenters. The predicted octanol–water partition coefficient (Wildman–Crippen LogP) is 6.18. The van der Waals surface area contributed by atoms with E-state index in [0.717, 1.165) is 10.9 Å². The molecule has 0 aliphatic heterocycles. The van der Waals surface area contributed by atoms with Gasteiger partial charge in [0, 0.05) is 5.39 Å². The molecule has 0 aliphatic rings. The van der Waals surface area contributed by atoms with E-state index < -0.39 is 11.9 Å². The zero-order valence-corrected chi connectivity index (χ0v) is 20.5. The molecule has 2 N–H and O–H groups in total. The maximum atomic E-state index is 12.4. The molecule has 0 radical (unpaired) electrons. The lowest BCUT2D eigenvalue weighted by atomic mass is 10.1. The number of aromatic carboxylic acids is 1. The number of ether oxygens (including phenoxy) is 2. The standard InChI is InChI=1S/C26H20Cl2N2O6/c1-2-34-19-7-8-22-18(11-19)12-23(36-22)25(31)30-29-13-16-9-20(27)24(21(28)10-16)35-14-15-3-5-17(6-4-15)26(32)33/h3-13H,2,14H2,1H3,(H,30,31)(H,32,33)/b29-13+. The van der Waals surface area contributed by atoms with Crippen molar-refractivity contribution in [3.05, 3.63) is 93.2 Å². The van der Waals surface area contributed by atoms with Crippen LogP contribution in [0.2, 0.25) is 10.0 Å². The molecular formula is C26H20Cl2N2O6. The van der Waals surface area contributed by atoms with Gasteiger partial charge in [0.2, 0.25) is 0 Å². The zero-order valence-electron chi connectivity index (χ0n) is 19.0. The minimum absolute atomic E-state index is 0.104. The van der Waals surface area contributed by atoms with Crippen molar-refractivity contribution in [1.82, 2.24) is 5.43 Å². The number of hydrogen-bond donors (Lipinski definition) is 2. The fourth-order valence-electron chi connectivity index (χ4n) is 3.30. The summed E-state index contributed by atoms with van der Waals surface area (Å²) < 4.78 is 16.7. The SMILES string of the molecule is CCOc1ccc2oc(C(=O)N/N=C/c3cc(Cl)c(OCc4ccc(C(=O)O)cc4)c(Cl)c3)cc2c1. The van der Waals surface area contributed by atoms with Crippen LogP contribution in [0, 0.1) is 0 Å². The molecule has 4 aromatic rings. The van der Waals surface area contributed by atoms with E-state index in [9.17, 15) is 9.59 Å². The van der Waals surface area contributed by atoms with Crippen LogP contribution < -0.4 is 14.9 Å². The molecule has 0 aliphatic carbocycles. The summed E-state index contributed by atoms with van der Waals surface area (Å²) in [5.74, 6) is -0.460. The third kappa shape index (κ3) is 5.97. The number of fused-ring (bicyclic) bond motifs is 1. The highest BCUT2D eigenvalue weighted by atomic mass is 35.5. The minimum atomic E-state index is -1.00. The Bertz CT molecular complexity index is 1420. The van der Waals surface area contributed by atoms with Gasteiger partial charge in [-0.2, -0.15) is 5.10 Å². The van der Waals surface area contributed by atoms with Gasteiger partial charge in [0.05, 0.1) is 28.4 Å². The number of carboxylic acids is 1. The number of hydrazone groups is 1. The van der Waals surface area contributed by atoms with E-state index in [0.29, 0.717) is 23.5 Å². The van der Waals surface area contributed by atoms with Crippen LogP contribution in [0.15, 0.2) is 70.2 Å². The monoisotopic (exact) mass is 526 g/mol. The highest BCUT2D eigenvalue weighted by Gasteiger charge is 2.13. The van der Waals surface area contributed by atoms with E-state index in [4.69, 9.17) is 42.2 Å². The Morgan fingerprint density at radius 1 is 1.03 bits per heavy atom. The first kappa shape index (κ1) is 25.1. The average Bonchev–Trinajstić information content (AvgIpc) is 3.28. The van der Waals surface area contributed by atoms with Gasteiger partial charge in [0.15, 0.2) is 11.5 Å². The van der Waals surface area contributed by atoms with E-state index in [1.165, 1.54) is 18.3 Å². The maximum Gasteiger partial charge on any atom is 0.335 e. The Balaban J connectivity index is 1.38. The zero-order chi connectivity index (χ0) is 25.7. The van der Waals surface area contributed by atoms with E-state index >= 15 is 0 Å². The Labute approximate surface area is 216 Å². The first-order valence-corrected chi connectivity index (χ1v) is 11.5. The van der Waals surface area contributed by atoms with Crippen LogP contribution in [0.3, 0.4) is 0 Å². The second kappa shape index (κ2) is 11.2. The third-order valence-electron chi connectivity index (χ3n) is 5.01. The first-order chi connectivity index (χ1) is 17.3. The fraction of sp³-hybridized carbons (Fsp3) is 0.115. The summed E-state index contributed by atoms with van der Waals surface area (Å²) in [7, 11) is 0. The molecule has 0 fully saturated rings. The molecule has 1 amide bonds. The van der Waals surface area contributed by atoms with Gasteiger partial charge in [-0.15, -0.1) is 0 Å². The van der Waals surface area contributed by atoms with Crippen molar-refractivity contribution in [3.8, 4) is 11.5 Å². The first-order valence-electron chi connectivity index (χ1n) is 10.8. The Morgan fingerprint density at radius 3 is 2.42 bits per heavy atom. The number of hydrogen-bond acceptors (Lipinski definition) is 6. The van der Waals surface area contributed by atoms with Crippen molar-refractivity contribution in [1.29, 1.82) is 0 Å². The van der Waals surface area contributed by atoms with Crippen LogP contribution in [0.5, 0.6) is 11.5 Å². The molecule has 0 unspecified atom stereocenters. The smallest absolute Gasteiger partial charge is 0.335 e. The summed E-state index contributed by atoms with van der Waals surface area (Å²) >= 11 is 12.6. The molecule has 1 heterocycles. The highest BCUT2D eigenvalue weighted by molar-refractivity contribution is 6.37. The van der Waals surface area contributed by atoms with Crippen LogP contribution in [0.25, 0.3) is 11.0 Å². The van der Waals surface area contributed by atoms with Crippen LogP contribution in [-0.4, -0.2) is 29.8 Å². The average molecular weight is 527 g/mol. The lowest BCUT2D eigenvalue weighted by Crippen LogP contribution is -2.16. The van der Waals surface area contributed by atoms with Gasteiger partial charge in [0.25, 0.3) is 0 Å². The predicted molar refractivity (Wildman–Crippen MR) is 137 cm³/mol. The number of benzene rings is 3. The molecule has 0 spiro atoms. The largest absolute Gasteiger partial charge is 0.494 e. The van der Waals surface area contributed by atoms with Crippen molar-refractivity contribution < 1.29 is 28.6 Å². The fourth-order valence-corrected chi connectivity index (χ4v) is 3.91. The molecular weight excluding hydrogens is 507 g/mol. The summed E-state index contributed by atoms with van der Waals surface area (Å²) in [4.78, 5) is 23.4. The van der Waals surface area contributed by atoms with Gasteiger partial charge in [-0.3, -0.25) is 4.79 Å². The van der Waals surface area contributed by atoms with E-state index in [1.54, 1.807) is 48.5 Å². The number of halogens is 2. The summed E-state index contributed by atoms with van der Waals surface area (Å²) in [5, 5.41) is 14.2. The number of carbonyl (C=O) groups is 2. The summed E-state index contributed by atoms with van der Waals surface area (Å²) in [6.07, 6.45) is 1.39. The van der Waals surface area contributed by atoms with Crippen LogP contribution in [-0.2, 0) is 6.61 Å². The quantitative estimate of drug-likeness (QED) is 0.199. The summed E-state index contributed by atoms with van der Waals surface area (Å²) in [6, 6.07) is 16.3. The van der Waals surface area contributed by atoms with Gasteiger partial charge in [-0.25, -0.2) is 10.2 Å². The van der Waals surface area contributed by atoms with Crippen molar-refractivity contribution in [2.45, 2.75) is 13.5 Å². The van der Waals surface area contributed by atoms with Crippen molar-refractivity contribution in [2.75, 3.05) is 6.61 Å². The summed E-state index contributed by atoms with van der Waals surface area (Å²) in [6.45, 7) is 2.57. The molecule has 0 saturated heterocycles. The molecule has 4 rings (SSSR count). The van der Waals surface area contributed by atoms with Gasteiger partial charge in [-0.1, -0.05) is 35.3 Å². The van der Waals surface area contributed by atoms with Crippen LogP contribution in [0.4, 0.5) is 0 Å². The maximum absolute atomic E-state index is 12.4. The highest BCUT2D eigenvalue weighted by Crippen LogP contribution is 2.34. The van der Waals surface area contributed by atoms with Crippen LogP contribution in [0.1, 0.15) is 39.0 Å². The van der Waals surface area contributed by atoms with E-state index in [-0.39, 0.29) is 33.7 Å². The van der Waals surface area contributed by atoms with Crippen LogP contribution >= 0.6 is 23.2 Å². The second-order valence-electron chi connectivity index (χ2n) is 7.55. The number of rotatable bonds is 9. The van der Waals surface area contributed by atoms with Crippen molar-refractivity contribution in [3.63, 3.8) is 0 Å². The number of nitrogens with one attached hydrogen (secondary N) is 1. The topological polar surface area (TPSA) is 110 Å². The molecule has 0 bridgehead atoms. The van der Waals surface area contributed by atoms with Crippen molar-refractivity contribution >= 4 is 52.3 Å². The number of carbonyl (C=O) groups excluding carboxylic acids is 1. The van der Waals surface area contributed by atoms with E-state index in [2.05, 4.69) is 10.5 Å². The third-order valence-corrected chi connectivity index (χ3v) is 5.57. The Morgan fingerprint density at radius 2 is 1.75 bits per heavy atom. The van der Waals surface area contributed by atoms with Gasteiger partial charge in [-0.05, 0) is 66.6 Å². The number of furan rings is 1. The Kier molecular flexibility index (Phi) is 7.77. The normalized spacial score (nSPS) is 11.1. The molecule has 3 aromatic carbocycles. The lowest BCUT2D eigenvalue weighted by molar-refractivity contribution is 0.0696. The Hall–Kier alpha value is -4.01. The van der Waals surface area contributed by atoms with E-state index in [1.807, 2.05) is 6.92 Å². The number of amides is 1. The molecule has 36 heavy (non-hydrogen) atoms. The number of carboxylic acid groups (broad SMARTS) is 1. The second-order valence-corrected chi connectivity index (χ2v) is 8.36. The lowest BCUT2D eigenvalue weighted by Gasteiger charge is -2.11. The van der Waals surface area contributed by atoms with Gasteiger partial charge >= 0.3 is 11.9 Å². The minimum Gasteiger partial charge on any atom is -0.494 e. The molecule has 10 heteroatoms. The van der Waals surface area contributed by atoms with Gasteiger partial charge in [0.1, 0.15) is 17.9 Å². The number of nitrogens with zero attached hydrogens (tertiary/aromatic N) is 1. The van der Waals surface area contributed by atoms with Gasteiger partial charge < -0.3 is 19.0 Å². The van der Waals surface area contributed by atoms with Crippen molar-refractivity contribution in [2.24, 2.45) is 5.10 Å².